The van der Waals surface area contributed by atoms with Crippen LogP contribution in [0.15, 0.2) is 114 Å². The van der Waals surface area contributed by atoms with E-state index in [1.165, 1.54) is 17.0 Å². The van der Waals surface area contributed by atoms with Crippen LogP contribution >= 0.6 is 23.2 Å². The molecule has 0 fully saturated rings. The standard InChI is InChI=1S/C34H35Cl2N3O4S/c1-3-25(2)37-34(41)32(22-26-11-6-4-7-12-26)38(23-27-13-10-14-29(36)21-27)33(40)24-39(30-19-17-28(35)18-20-30)44(42,43)31-15-8-5-9-16-31/h4-21,25,32H,3,22-24H2,1-2H3,(H,37,41)/t25-,32-/m1/s1. The summed E-state index contributed by atoms with van der Waals surface area (Å²) in [5.41, 5.74) is 1.81. The number of nitrogens with one attached hydrogen (secondary N) is 1. The predicted octanol–water partition coefficient (Wildman–Crippen LogP) is 6.74. The lowest BCUT2D eigenvalue weighted by Gasteiger charge is -2.34. The van der Waals surface area contributed by atoms with Crippen molar-refractivity contribution in [1.82, 2.24) is 10.2 Å². The molecule has 0 saturated carbocycles. The predicted molar refractivity (Wildman–Crippen MR) is 176 cm³/mol. The van der Waals surface area contributed by atoms with Crippen molar-refractivity contribution >= 4 is 50.7 Å². The molecule has 0 bridgehead atoms. The number of hydrogen-bond donors (Lipinski definition) is 1. The largest absolute Gasteiger partial charge is 0.352 e. The summed E-state index contributed by atoms with van der Waals surface area (Å²) in [5, 5.41) is 3.92. The molecule has 4 aromatic rings. The first-order chi connectivity index (χ1) is 21.1. The number of carbonyl (C=O) groups excluding carboxylic acids is 2. The maximum absolute atomic E-state index is 14.4. The lowest BCUT2D eigenvalue weighted by Crippen LogP contribution is -2.54. The van der Waals surface area contributed by atoms with Crippen LogP contribution in [0.1, 0.15) is 31.4 Å². The highest BCUT2D eigenvalue weighted by Crippen LogP contribution is 2.26. The van der Waals surface area contributed by atoms with Crippen molar-refractivity contribution in [3.8, 4) is 0 Å². The van der Waals surface area contributed by atoms with E-state index in [9.17, 15) is 18.0 Å². The highest BCUT2D eigenvalue weighted by atomic mass is 35.5. The van der Waals surface area contributed by atoms with Crippen LogP contribution in [0.4, 0.5) is 5.69 Å². The van der Waals surface area contributed by atoms with Crippen molar-refractivity contribution < 1.29 is 18.0 Å². The Hall–Kier alpha value is -3.85. The van der Waals surface area contributed by atoms with E-state index in [2.05, 4.69) is 5.32 Å². The molecular weight excluding hydrogens is 617 g/mol. The quantitative estimate of drug-likeness (QED) is 0.173. The van der Waals surface area contributed by atoms with Gasteiger partial charge >= 0.3 is 0 Å². The molecule has 44 heavy (non-hydrogen) atoms. The third-order valence-electron chi connectivity index (χ3n) is 7.24. The van der Waals surface area contributed by atoms with Gasteiger partial charge in [-0.3, -0.25) is 13.9 Å². The topological polar surface area (TPSA) is 86.8 Å². The Morgan fingerprint density at radius 1 is 0.795 bits per heavy atom. The highest BCUT2D eigenvalue weighted by Gasteiger charge is 2.35. The maximum Gasteiger partial charge on any atom is 0.264 e. The first kappa shape index (κ1) is 33.1. The Labute approximate surface area is 269 Å². The molecule has 0 aliphatic carbocycles. The van der Waals surface area contributed by atoms with Gasteiger partial charge in [0.1, 0.15) is 12.6 Å². The summed E-state index contributed by atoms with van der Waals surface area (Å²) in [6, 6.07) is 29.5. The van der Waals surface area contributed by atoms with Crippen LogP contribution < -0.4 is 9.62 Å². The van der Waals surface area contributed by atoms with E-state index in [1.54, 1.807) is 60.7 Å². The van der Waals surface area contributed by atoms with Crippen LogP contribution in [-0.4, -0.2) is 43.8 Å². The second kappa shape index (κ2) is 15.2. The lowest BCUT2D eigenvalue weighted by atomic mass is 10.0. The fraction of sp³-hybridized carbons (Fsp3) is 0.235. The summed E-state index contributed by atoms with van der Waals surface area (Å²) >= 11 is 12.4. The Morgan fingerprint density at radius 3 is 2.02 bits per heavy atom. The number of nitrogens with zero attached hydrogens (tertiary/aromatic N) is 2. The van der Waals surface area contributed by atoms with Gasteiger partial charge in [-0.15, -0.1) is 0 Å². The van der Waals surface area contributed by atoms with Crippen molar-refractivity contribution in [2.75, 3.05) is 10.8 Å². The number of anilines is 1. The number of sulfonamides is 1. The normalized spacial score (nSPS) is 12.6. The molecule has 1 N–H and O–H groups in total. The van der Waals surface area contributed by atoms with E-state index < -0.39 is 28.5 Å². The van der Waals surface area contributed by atoms with Crippen LogP contribution in [0.3, 0.4) is 0 Å². The third kappa shape index (κ3) is 8.62. The molecule has 0 aliphatic heterocycles. The van der Waals surface area contributed by atoms with Crippen molar-refractivity contribution in [2.45, 2.75) is 50.2 Å². The average molecular weight is 653 g/mol. The summed E-state index contributed by atoms with van der Waals surface area (Å²) < 4.78 is 29.0. The van der Waals surface area contributed by atoms with E-state index in [-0.39, 0.29) is 35.5 Å². The van der Waals surface area contributed by atoms with Crippen LogP contribution in [0, 0.1) is 0 Å². The Bertz CT molecular complexity index is 1650. The van der Waals surface area contributed by atoms with Crippen molar-refractivity contribution in [2.24, 2.45) is 0 Å². The number of hydrogen-bond acceptors (Lipinski definition) is 4. The summed E-state index contributed by atoms with van der Waals surface area (Å²) in [4.78, 5) is 29.8. The zero-order chi connectivity index (χ0) is 31.7. The van der Waals surface area contributed by atoms with Gasteiger partial charge in [0.05, 0.1) is 10.6 Å². The number of carbonyl (C=O) groups is 2. The molecule has 0 unspecified atom stereocenters. The van der Waals surface area contributed by atoms with Gasteiger partial charge in [0.15, 0.2) is 0 Å². The number of benzene rings is 4. The molecule has 2 amide bonds. The van der Waals surface area contributed by atoms with Gasteiger partial charge in [-0.2, -0.15) is 0 Å². The zero-order valence-electron chi connectivity index (χ0n) is 24.6. The molecule has 0 saturated heterocycles. The molecule has 4 rings (SSSR count). The second-order valence-electron chi connectivity index (χ2n) is 10.5. The van der Waals surface area contributed by atoms with Crippen LogP contribution in [0.25, 0.3) is 0 Å². The van der Waals surface area contributed by atoms with Gasteiger partial charge in [-0.25, -0.2) is 8.42 Å². The maximum atomic E-state index is 14.4. The fourth-order valence-corrected chi connectivity index (χ4v) is 6.46. The summed E-state index contributed by atoms with van der Waals surface area (Å²) in [5.74, 6) is -0.887. The zero-order valence-corrected chi connectivity index (χ0v) is 26.9. The van der Waals surface area contributed by atoms with Gasteiger partial charge in [0.2, 0.25) is 11.8 Å². The minimum atomic E-state index is -4.18. The first-order valence-electron chi connectivity index (χ1n) is 14.3. The SMILES string of the molecule is CC[C@@H](C)NC(=O)[C@@H](Cc1ccccc1)N(Cc1cccc(Cl)c1)C(=O)CN(c1ccc(Cl)cc1)S(=O)(=O)c1ccccc1. The van der Waals surface area contributed by atoms with Crippen molar-refractivity contribution in [3.63, 3.8) is 0 Å². The summed E-state index contributed by atoms with van der Waals surface area (Å²) in [6.07, 6.45) is 0.924. The van der Waals surface area contributed by atoms with Gasteiger partial charge in [-0.05, 0) is 73.0 Å². The van der Waals surface area contributed by atoms with Crippen molar-refractivity contribution in [1.29, 1.82) is 0 Å². The molecule has 2 atom stereocenters. The van der Waals surface area contributed by atoms with Crippen LogP contribution in [0.5, 0.6) is 0 Å². The molecule has 0 radical (unpaired) electrons. The van der Waals surface area contributed by atoms with Crippen molar-refractivity contribution in [3.05, 3.63) is 130 Å². The number of rotatable bonds is 13. The monoisotopic (exact) mass is 651 g/mol. The van der Waals surface area contributed by atoms with E-state index in [4.69, 9.17) is 23.2 Å². The molecule has 0 heterocycles. The molecule has 230 valence electrons. The fourth-order valence-electron chi connectivity index (χ4n) is 4.68. The van der Waals surface area contributed by atoms with Gasteiger partial charge in [0, 0.05) is 29.1 Å². The van der Waals surface area contributed by atoms with E-state index in [0.717, 1.165) is 9.87 Å². The smallest absolute Gasteiger partial charge is 0.264 e. The Morgan fingerprint density at radius 2 is 1.41 bits per heavy atom. The van der Waals surface area contributed by atoms with Gasteiger partial charge in [-0.1, -0.05) is 90.8 Å². The minimum absolute atomic E-state index is 0.0273. The molecular formula is C34H35Cl2N3O4S. The van der Waals surface area contributed by atoms with E-state index in [1.807, 2.05) is 50.2 Å². The van der Waals surface area contributed by atoms with Gasteiger partial charge in [0.25, 0.3) is 10.0 Å². The highest BCUT2D eigenvalue weighted by molar-refractivity contribution is 7.92. The second-order valence-corrected chi connectivity index (χ2v) is 13.2. The summed E-state index contributed by atoms with van der Waals surface area (Å²) in [7, 11) is -4.18. The molecule has 4 aromatic carbocycles. The molecule has 10 heteroatoms. The first-order valence-corrected chi connectivity index (χ1v) is 16.5. The number of amides is 2. The Balaban J connectivity index is 1.80. The lowest BCUT2D eigenvalue weighted by molar-refractivity contribution is -0.140. The molecule has 0 spiro atoms. The average Bonchev–Trinajstić information content (AvgIpc) is 3.02. The van der Waals surface area contributed by atoms with E-state index >= 15 is 0 Å². The van der Waals surface area contributed by atoms with Crippen LogP contribution in [-0.2, 0) is 32.6 Å². The van der Waals surface area contributed by atoms with E-state index in [0.29, 0.717) is 22.0 Å². The Kier molecular flexibility index (Phi) is 11.4. The molecule has 7 nitrogen and oxygen atoms in total. The molecule has 0 aliphatic rings. The minimum Gasteiger partial charge on any atom is -0.352 e. The molecule has 0 aromatic heterocycles. The van der Waals surface area contributed by atoms with Gasteiger partial charge < -0.3 is 10.2 Å². The van der Waals surface area contributed by atoms with Crippen LogP contribution in [0.2, 0.25) is 10.0 Å². The number of halogens is 2. The summed E-state index contributed by atoms with van der Waals surface area (Å²) in [6.45, 7) is 3.34. The third-order valence-corrected chi connectivity index (χ3v) is 9.51.